The topological polar surface area (TPSA) is 32.3 Å². The molecule has 2 aliphatic rings. The Morgan fingerprint density at radius 3 is 2.55 bits per heavy atom. The van der Waals surface area contributed by atoms with E-state index < -0.39 is 5.82 Å². The van der Waals surface area contributed by atoms with Crippen molar-refractivity contribution in [2.75, 3.05) is 13.1 Å². The third-order valence-electron chi connectivity index (χ3n) is 4.10. The second-order valence-corrected chi connectivity index (χ2v) is 6.55. The third-order valence-corrected chi connectivity index (χ3v) is 4.60. The van der Waals surface area contributed by atoms with Crippen LogP contribution in [-0.4, -0.2) is 36.0 Å². The Balaban J connectivity index is 1.56. The molecule has 3 nitrogen and oxygen atoms in total. The molecule has 108 valence electrons. The van der Waals surface area contributed by atoms with Gasteiger partial charge in [-0.1, -0.05) is 15.9 Å². The standard InChI is InChI=1S/C15H18BrFN2O/c16-10-1-4-13(14(17)9-10)15(20)18-11-5-7-19(8-6-11)12-2-3-12/h1,4,9,11-12H,2-3,5-8H2,(H,18,20). The van der Waals surface area contributed by atoms with Gasteiger partial charge in [0.15, 0.2) is 0 Å². The predicted molar refractivity (Wildman–Crippen MR) is 79.2 cm³/mol. The number of piperidine rings is 1. The summed E-state index contributed by atoms with van der Waals surface area (Å²) in [6, 6.07) is 5.49. The highest BCUT2D eigenvalue weighted by Gasteiger charge is 2.32. The first-order valence-electron chi connectivity index (χ1n) is 7.13. The van der Waals surface area contributed by atoms with E-state index in [1.165, 1.54) is 25.0 Å². The van der Waals surface area contributed by atoms with Gasteiger partial charge in [-0.2, -0.15) is 0 Å². The van der Waals surface area contributed by atoms with Crippen molar-refractivity contribution >= 4 is 21.8 Å². The van der Waals surface area contributed by atoms with Gasteiger partial charge in [0.05, 0.1) is 5.56 Å². The van der Waals surface area contributed by atoms with Crippen LogP contribution in [-0.2, 0) is 0 Å². The van der Waals surface area contributed by atoms with Gasteiger partial charge in [-0.25, -0.2) is 4.39 Å². The molecule has 1 aliphatic heterocycles. The third kappa shape index (κ3) is 3.20. The number of rotatable bonds is 3. The fraction of sp³-hybridized carbons (Fsp3) is 0.533. The quantitative estimate of drug-likeness (QED) is 0.917. The number of likely N-dealkylation sites (tertiary alicyclic amines) is 1. The lowest BCUT2D eigenvalue weighted by molar-refractivity contribution is 0.0905. The van der Waals surface area contributed by atoms with E-state index in [1.54, 1.807) is 6.07 Å². The SMILES string of the molecule is O=C(NC1CCN(C2CC2)CC1)c1ccc(Br)cc1F. The van der Waals surface area contributed by atoms with Crippen LogP contribution >= 0.6 is 15.9 Å². The van der Waals surface area contributed by atoms with E-state index in [0.29, 0.717) is 4.47 Å². The van der Waals surface area contributed by atoms with Crippen molar-refractivity contribution in [2.45, 2.75) is 37.8 Å². The van der Waals surface area contributed by atoms with Crippen LogP contribution in [0.3, 0.4) is 0 Å². The maximum Gasteiger partial charge on any atom is 0.254 e. The molecule has 1 heterocycles. The number of nitrogens with one attached hydrogen (secondary N) is 1. The zero-order valence-corrected chi connectivity index (χ0v) is 12.8. The average Bonchev–Trinajstić information content (AvgIpc) is 3.23. The van der Waals surface area contributed by atoms with Crippen LogP contribution in [0.4, 0.5) is 4.39 Å². The number of carbonyl (C=O) groups excluding carboxylic acids is 1. The molecule has 5 heteroatoms. The van der Waals surface area contributed by atoms with Gasteiger partial charge in [0, 0.05) is 29.6 Å². The minimum atomic E-state index is -0.479. The van der Waals surface area contributed by atoms with Gasteiger partial charge in [-0.3, -0.25) is 4.79 Å². The lowest BCUT2D eigenvalue weighted by atomic mass is 10.0. The highest BCUT2D eigenvalue weighted by atomic mass is 79.9. The van der Waals surface area contributed by atoms with E-state index in [1.807, 2.05) is 0 Å². The number of carbonyl (C=O) groups is 1. The Kier molecular flexibility index (Phi) is 4.08. The Labute approximate surface area is 126 Å². The molecule has 0 atom stereocenters. The first-order chi connectivity index (χ1) is 9.63. The minimum absolute atomic E-state index is 0.123. The summed E-state index contributed by atoms with van der Waals surface area (Å²) in [4.78, 5) is 14.6. The summed E-state index contributed by atoms with van der Waals surface area (Å²) in [6.45, 7) is 2.08. The monoisotopic (exact) mass is 340 g/mol. The second kappa shape index (κ2) is 5.82. The number of nitrogens with zero attached hydrogens (tertiary/aromatic N) is 1. The molecule has 1 amide bonds. The van der Waals surface area contributed by atoms with Crippen molar-refractivity contribution in [1.29, 1.82) is 0 Å². The molecular weight excluding hydrogens is 323 g/mol. The average molecular weight is 341 g/mol. The van der Waals surface area contributed by atoms with Gasteiger partial charge in [-0.15, -0.1) is 0 Å². The van der Waals surface area contributed by atoms with Crippen LogP contribution < -0.4 is 5.32 Å². The molecule has 1 saturated carbocycles. The van der Waals surface area contributed by atoms with E-state index in [9.17, 15) is 9.18 Å². The molecular formula is C15H18BrFN2O. The zero-order chi connectivity index (χ0) is 14.1. The number of hydrogen-bond acceptors (Lipinski definition) is 2. The Morgan fingerprint density at radius 2 is 1.95 bits per heavy atom. The molecule has 0 unspecified atom stereocenters. The lowest BCUT2D eigenvalue weighted by Crippen LogP contribution is -2.45. The number of benzene rings is 1. The van der Waals surface area contributed by atoms with Crippen LogP contribution in [0.2, 0.25) is 0 Å². The van der Waals surface area contributed by atoms with E-state index in [-0.39, 0.29) is 17.5 Å². The van der Waals surface area contributed by atoms with Gasteiger partial charge in [0.2, 0.25) is 0 Å². The van der Waals surface area contributed by atoms with Gasteiger partial charge in [-0.05, 0) is 43.9 Å². The molecule has 1 aromatic carbocycles. The zero-order valence-electron chi connectivity index (χ0n) is 11.2. The van der Waals surface area contributed by atoms with Gasteiger partial charge >= 0.3 is 0 Å². The summed E-state index contributed by atoms with van der Waals surface area (Å²) >= 11 is 3.19. The molecule has 1 aromatic rings. The molecule has 0 bridgehead atoms. The van der Waals surface area contributed by atoms with Crippen LogP contribution in [0.1, 0.15) is 36.0 Å². The predicted octanol–water partition coefficient (Wildman–Crippen LogP) is 2.94. The Morgan fingerprint density at radius 1 is 1.25 bits per heavy atom. The molecule has 3 rings (SSSR count). The van der Waals surface area contributed by atoms with Crippen molar-refractivity contribution in [1.82, 2.24) is 10.2 Å². The minimum Gasteiger partial charge on any atom is -0.349 e. The van der Waals surface area contributed by atoms with Gasteiger partial charge < -0.3 is 10.2 Å². The molecule has 0 radical (unpaired) electrons. The van der Waals surface area contributed by atoms with Crippen molar-refractivity contribution < 1.29 is 9.18 Å². The number of amides is 1. The molecule has 20 heavy (non-hydrogen) atoms. The van der Waals surface area contributed by atoms with E-state index in [0.717, 1.165) is 32.0 Å². The molecule has 2 fully saturated rings. The summed E-state index contributed by atoms with van der Waals surface area (Å²) in [5.74, 6) is -0.785. The Bertz CT molecular complexity index is 511. The highest BCUT2D eigenvalue weighted by molar-refractivity contribution is 9.10. The molecule has 0 aromatic heterocycles. The number of halogens is 2. The van der Waals surface area contributed by atoms with Gasteiger partial charge in [0.25, 0.3) is 5.91 Å². The molecule has 1 N–H and O–H groups in total. The smallest absolute Gasteiger partial charge is 0.254 e. The first kappa shape index (κ1) is 14.0. The van der Waals surface area contributed by atoms with Crippen molar-refractivity contribution in [3.05, 3.63) is 34.1 Å². The van der Waals surface area contributed by atoms with Crippen molar-refractivity contribution in [3.8, 4) is 0 Å². The molecule has 1 saturated heterocycles. The van der Waals surface area contributed by atoms with E-state index in [2.05, 4.69) is 26.1 Å². The summed E-state index contributed by atoms with van der Waals surface area (Å²) in [6.07, 6.45) is 4.56. The summed E-state index contributed by atoms with van der Waals surface area (Å²) in [5, 5.41) is 2.95. The highest BCUT2D eigenvalue weighted by Crippen LogP contribution is 2.29. The van der Waals surface area contributed by atoms with Crippen LogP contribution in [0, 0.1) is 5.82 Å². The molecule has 0 spiro atoms. The van der Waals surface area contributed by atoms with Crippen LogP contribution in [0.5, 0.6) is 0 Å². The number of hydrogen-bond donors (Lipinski definition) is 1. The first-order valence-corrected chi connectivity index (χ1v) is 7.93. The van der Waals surface area contributed by atoms with Crippen molar-refractivity contribution in [3.63, 3.8) is 0 Å². The molecule has 1 aliphatic carbocycles. The van der Waals surface area contributed by atoms with E-state index >= 15 is 0 Å². The maximum atomic E-state index is 13.7. The van der Waals surface area contributed by atoms with Crippen LogP contribution in [0.15, 0.2) is 22.7 Å². The Hall–Kier alpha value is -0.940. The van der Waals surface area contributed by atoms with Crippen molar-refractivity contribution in [2.24, 2.45) is 0 Å². The summed E-state index contributed by atoms with van der Waals surface area (Å²) in [5.41, 5.74) is 0.123. The maximum absolute atomic E-state index is 13.7. The summed E-state index contributed by atoms with van der Waals surface area (Å²) < 4.78 is 14.4. The normalized spacial score (nSPS) is 20.9. The second-order valence-electron chi connectivity index (χ2n) is 5.64. The van der Waals surface area contributed by atoms with Gasteiger partial charge in [0.1, 0.15) is 5.82 Å². The van der Waals surface area contributed by atoms with Crippen LogP contribution in [0.25, 0.3) is 0 Å². The lowest BCUT2D eigenvalue weighted by Gasteiger charge is -2.32. The largest absolute Gasteiger partial charge is 0.349 e. The van der Waals surface area contributed by atoms with E-state index in [4.69, 9.17) is 0 Å². The fourth-order valence-electron chi connectivity index (χ4n) is 2.79. The summed E-state index contributed by atoms with van der Waals surface area (Å²) in [7, 11) is 0. The fourth-order valence-corrected chi connectivity index (χ4v) is 3.12.